The lowest BCUT2D eigenvalue weighted by Crippen LogP contribution is -2.70. The fraction of sp³-hybridized carbons (Fsp3) is 0.348. The molecule has 3 atom stereocenters. The van der Waals surface area contributed by atoms with Crippen molar-refractivity contribution < 1.29 is 13.6 Å². The van der Waals surface area contributed by atoms with Crippen LogP contribution in [0.4, 0.5) is 14.9 Å². The summed E-state index contributed by atoms with van der Waals surface area (Å²) < 4.78 is 22.2. The first kappa shape index (κ1) is 21.0. The molecule has 0 spiro atoms. The molecular formula is C23H21ClFN7O2. The number of hydrogen-bond donors (Lipinski definition) is 1. The average molecular weight is 482 g/mol. The zero-order valence-corrected chi connectivity index (χ0v) is 19.3. The van der Waals surface area contributed by atoms with Gasteiger partial charge in [0.25, 0.3) is 0 Å². The van der Waals surface area contributed by atoms with Crippen molar-refractivity contribution in [3.05, 3.63) is 59.3 Å². The van der Waals surface area contributed by atoms with Gasteiger partial charge in [0.05, 0.1) is 22.4 Å². The molecule has 11 heteroatoms. The van der Waals surface area contributed by atoms with Gasteiger partial charge in [0.15, 0.2) is 5.82 Å². The van der Waals surface area contributed by atoms with Crippen LogP contribution in [0.15, 0.2) is 41.1 Å². The minimum Gasteiger partial charge on any atom is -0.423 e. The lowest BCUT2D eigenvalue weighted by atomic mass is 9.64. The normalized spacial score (nSPS) is 23.7. The van der Waals surface area contributed by atoms with Crippen molar-refractivity contribution in [1.29, 1.82) is 0 Å². The number of carbonyl (C=O) groups excluding carboxylic acids is 1. The molecule has 2 amide bonds. The number of anilines is 1. The molecule has 1 aliphatic carbocycles. The monoisotopic (exact) mass is 481 g/mol. The summed E-state index contributed by atoms with van der Waals surface area (Å²) >= 11 is 6.32. The van der Waals surface area contributed by atoms with E-state index in [0.29, 0.717) is 35.5 Å². The second-order valence-electron chi connectivity index (χ2n) is 9.13. The van der Waals surface area contributed by atoms with Crippen LogP contribution in [0.25, 0.3) is 16.9 Å². The molecule has 1 saturated heterocycles. The number of halogens is 2. The standard InChI is InChI=1S/C23H21ClFN7O2/c1-12-6-15-10-23(9-12,21-29-28-13(2)34-21)32(15)22(33)27-19-7-16(17(24)8-18(19)25)20-26-11-14-4-3-5-31(14)30-20/h3-5,7-8,11-12,15H,6,9-10H2,1-2H3,(H,27,33)/t12-,15?,23?/m1/s1. The molecule has 2 aliphatic rings. The average Bonchev–Trinajstić information content (AvgIpc) is 3.43. The van der Waals surface area contributed by atoms with Crippen LogP contribution in [-0.4, -0.2) is 41.8 Å². The number of benzene rings is 1. The summed E-state index contributed by atoms with van der Waals surface area (Å²) in [5.41, 5.74) is 0.543. The number of aryl methyl sites for hydroxylation is 1. The Hall–Kier alpha value is -3.53. The van der Waals surface area contributed by atoms with Gasteiger partial charge < -0.3 is 14.6 Å². The lowest BCUT2D eigenvalue weighted by molar-refractivity contribution is -0.110. The summed E-state index contributed by atoms with van der Waals surface area (Å²) in [6.45, 7) is 3.86. The SMILES string of the molecule is Cc1nnc(C23CC(C[C@@H](C)C2)N3C(=O)Nc2cc(-c3ncc4cccn4n3)c(Cl)cc2F)o1. The first-order chi connectivity index (χ1) is 16.3. The molecule has 6 rings (SSSR count). The number of hydrogen-bond acceptors (Lipinski definition) is 6. The third-order valence-corrected chi connectivity index (χ3v) is 7.04. The molecule has 0 radical (unpaired) electrons. The summed E-state index contributed by atoms with van der Waals surface area (Å²) in [4.78, 5) is 19.5. The van der Waals surface area contributed by atoms with E-state index in [4.69, 9.17) is 16.0 Å². The van der Waals surface area contributed by atoms with Crippen molar-refractivity contribution >= 4 is 28.8 Å². The van der Waals surface area contributed by atoms with Gasteiger partial charge in [-0.15, -0.1) is 15.3 Å². The topological polar surface area (TPSA) is 101 Å². The maximum absolute atomic E-state index is 14.9. The number of nitrogens with zero attached hydrogens (tertiary/aromatic N) is 6. The van der Waals surface area contributed by atoms with Crippen LogP contribution in [0.2, 0.25) is 5.02 Å². The largest absolute Gasteiger partial charge is 0.423 e. The Kier molecular flexibility index (Phi) is 4.63. The second-order valence-corrected chi connectivity index (χ2v) is 9.54. The smallest absolute Gasteiger partial charge is 0.323 e. The van der Waals surface area contributed by atoms with E-state index in [-0.39, 0.29) is 16.8 Å². The number of urea groups is 1. The number of amides is 2. The zero-order valence-electron chi connectivity index (χ0n) is 18.5. The van der Waals surface area contributed by atoms with Crippen molar-refractivity contribution in [1.82, 2.24) is 29.7 Å². The number of fused-ring (bicyclic) bond motifs is 3. The van der Waals surface area contributed by atoms with E-state index < -0.39 is 17.4 Å². The molecule has 1 saturated carbocycles. The van der Waals surface area contributed by atoms with Crippen molar-refractivity contribution in [3.63, 3.8) is 0 Å². The van der Waals surface area contributed by atoms with Gasteiger partial charge in [-0.2, -0.15) is 0 Å². The minimum absolute atomic E-state index is 0.00418. The van der Waals surface area contributed by atoms with E-state index in [1.807, 2.05) is 12.1 Å². The summed E-state index contributed by atoms with van der Waals surface area (Å²) in [7, 11) is 0. The first-order valence-corrected chi connectivity index (χ1v) is 11.4. The number of piperidine rings is 1. The number of carbonyl (C=O) groups is 1. The van der Waals surface area contributed by atoms with E-state index >= 15 is 0 Å². The summed E-state index contributed by atoms with van der Waals surface area (Å²) in [5, 5.41) is 15.5. The molecular weight excluding hydrogens is 461 g/mol. The van der Waals surface area contributed by atoms with Gasteiger partial charge in [0.2, 0.25) is 11.8 Å². The van der Waals surface area contributed by atoms with Crippen molar-refractivity contribution in [3.8, 4) is 11.4 Å². The predicted molar refractivity (Wildman–Crippen MR) is 122 cm³/mol. The van der Waals surface area contributed by atoms with Gasteiger partial charge in [0, 0.05) is 31.1 Å². The van der Waals surface area contributed by atoms with Crippen molar-refractivity contribution in [2.24, 2.45) is 5.92 Å². The Labute approximate surface area is 198 Å². The zero-order chi connectivity index (χ0) is 23.6. The molecule has 2 bridgehead atoms. The molecule has 34 heavy (non-hydrogen) atoms. The third-order valence-electron chi connectivity index (χ3n) is 6.72. The number of rotatable bonds is 3. The van der Waals surface area contributed by atoms with E-state index in [1.54, 1.807) is 28.7 Å². The highest BCUT2D eigenvalue weighted by atomic mass is 35.5. The predicted octanol–water partition coefficient (Wildman–Crippen LogP) is 4.81. The van der Waals surface area contributed by atoms with Crippen LogP contribution in [0.1, 0.15) is 38.0 Å². The summed E-state index contributed by atoms with van der Waals surface area (Å²) in [6, 6.07) is 5.93. The quantitative estimate of drug-likeness (QED) is 0.450. The van der Waals surface area contributed by atoms with Gasteiger partial charge in [-0.25, -0.2) is 18.7 Å². The summed E-state index contributed by atoms with van der Waals surface area (Å²) in [6.07, 6.45) is 5.74. The molecule has 174 valence electrons. The Morgan fingerprint density at radius 2 is 2.18 bits per heavy atom. The maximum atomic E-state index is 14.9. The van der Waals surface area contributed by atoms with Crippen LogP contribution in [-0.2, 0) is 5.54 Å². The fourth-order valence-electron chi connectivity index (χ4n) is 5.38. The van der Waals surface area contributed by atoms with Crippen molar-refractivity contribution in [2.45, 2.75) is 44.7 Å². The molecule has 2 unspecified atom stereocenters. The van der Waals surface area contributed by atoms with Crippen LogP contribution in [0, 0.1) is 18.7 Å². The van der Waals surface area contributed by atoms with Gasteiger partial charge in [0.1, 0.15) is 11.4 Å². The van der Waals surface area contributed by atoms with E-state index in [9.17, 15) is 9.18 Å². The third kappa shape index (κ3) is 3.16. The Bertz CT molecular complexity index is 1440. The molecule has 4 aromatic rings. The highest BCUT2D eigenvalue weighted by Gasteiger charge is 2.62. The fourth-order valence-corrected chi connectivity index (χ4v) is 5.62. The number of nitrogens with one attached hydrogen (secondary N) is 1. The van der Waals surface area contributed by atoms with Crippen LogP contribution < -0.4 is 5.32 Å². The molecule has 9 nitrogen and oxygen atoms in total. The number of likely N-dealkylation sites (tertiary alicyclic amines) is 1. The van der Waals surface area contributed by atoms with Gasteiger partial charge in [-0.1, -0.05) is 18.5 Å². The van der Waals surface area contributed by atoms with Gasteiger partial charge in [-0.05, 0) is 43.0 Å². The second kappa shape index (κ2) is 7.49. The van der Waals surface area contributed by atoms with Gasteiger partial charge in [-0.3, -0.25) is 0 Å². The molecule has 2 fully saturated rings. The molecule has 1 aliphatic heterocycles. The van der Waals surface area contributed by atoms with Crippen LogP contribution in [0.3, 0.4) is 0 Å². The summed E-state index contributed by atoms with van der Waals surface area (Å²) in [5.74, 6) is 0.935. The first-order valence-electron chi connectivity index (χ1n) is 11.0. The molecule has 1 aromatic carbocycles. The highest BCUT2D eigenvalue weighted by Crippen LogP contribution is 2.55. The Balaban J connectivity index is 1.33. The van der Waals surface area contributed by atoms with Crippen LogP contribution >= 0.6 is 11.6 Å². The van der Waals surface area contributed by atoms with E-state index in [1.165, 1.54) is 6.07 Å². The van der Waals surface area contributed by atoms with Crippen molar-refractivity contribution in [2.75, 3.05) is 5.32 Å². The molecule has 3 aromatic heterocycles. The molecule has 4 heterocycles. The Morgan fingerprint density at radius 3 is 2.97 bits per heavy atom. The van der Waals surface area contributed by atoms with Gasteiger partial charge >= 0.3 is 6.03 Å². The van der Waals surface area contributed by atoms with E-state index in [0.717, 1.165) is 24.4 Å². The minimum atomic E-state index is -0.679. The Morgan fingerprint density at radius 1 is 1.32 bits per heavy atom. The molecule has 1 N–H and O–H groups in total. The van der Waals surface area contributed by atoms with Crippen LogP contribution in [0.5, 0.6) is 0 Å². The number of aromatic nitrogens is 5. The lowest BCUT2D eigenvalue weighted by Gasteiger charge is -2.61. The van der Waals surface area contributed by atoms with E-state index in [2.05, 4.69) is 32.5 Å². The highest BCUT2D eigenvalue weighted by molar-refractivity contribution is 6.33. The maximum Gasteiger partial charge on any atom is 0.323 e.